The maximum atomic E-state index is 11.8. The van der Waals surface area contributed by atoms with Crippen molar-refractivity contribution in [3.63, 3.8) is 0 Å². The average Bonchev–Trinajstić information content (AvgIpc) is 2.27. The highest BCUT2D eigenvalue weighted by atomic mass is 28.3. The number of carbonyl (C=O) groups is 1. The van der Waals surface area contributed by atoms with Crippen LogP contribution in [0.4, 0.5) is 4.79 Å². The van der Waals surface area contributed by atoms with Gasteiger partial charge in [0.1, 0.15) is 0 Å². The van der Waals surface area contributed by atoms with Crippen LogP contribution < -0.4 is 0 Å². The molecule has 0 aromatic carbocycles. The minimum absolute atomic E-state index is 0.0993. The SMILES string of the molecule is CCC1CCN(C(=O)OCC[Si](C)(C)C)CC1. The molecule has 0 atom stereocenters. The molecule has 0 aliphatic carbocycles. The van der Waals surface area contributed by atoms with Gasteiger partial charge in [-0.15, -0.1) is 0 Å². The van der Waals surface area contributed by atoms with Crippen molar-refractivity contribution < 1.29 is 9.53 Å². The first-order chi connectivity index (χ1) is 7.92. The van der Waals surface area contributed by atoms with E-state index in [4.69, 9.17) is 4.74 Å². The van der Waals surface area contributed by atoms with Crippen LogP contribution in [0.1, 0.15) is 26.2 Å². The van der Waals surface area contributed by atoms with Gasteiger partial charge in [-0.1, -0.05) is 33.0 Å². The number of hydrogen-bond donors (Lipinski definition) is 0. The molecule has 3 nitrogen and oxygen atoms in total. The van der Waals surface area contributed by atoms with Crippen LogP contribution in [-0.4, -0.2) is 38.8 Å². The van der Waals surface area contributed by atoms with E-state index < -0.39 is 8.07 Å². The average molecular weight is 257 g/mol. The van der Waals surface area contributed by atoms with Crippen LogP contribution in [0.25, 0.3) is 0 Å². The number of piperidine rings is 1. The minimum Gasteiger partial charge on any atom is -0.450 e. The zero-order valence-corrected chi connectivity index (χ0v) is 12.8. The Kier molecular flexibility index (Phi) is 5.50. The van der Waals surface area contributed by atoms with E-state index in [1.807, 2.05) is 4.90 Å². The molecular formula is C13H27NO2Si. The molecule has 1 heterocycles. The number of rotatable bonds is 4. The van der Waals surface area contributed by atoms with E-state index in [2.05, 4.69) is 26.6 Å². The summed E-state index contributed by atoms with van der Waals surface area (Å²) in [5, 5.41) is 0. The van der Waals surface area contributed by atoms with E-state index in [-0.39, 0.29) is 6.09 Å². The summed E-state index contributed by atoms with van der Waals surface area (Å²) >= 11 is 0. The summed E-state index contributed by atoms with van der Waals surface area (Å²) < 4.78 is 5.35. The summed E-state index contributed by atoms with van der Waals surface area (Å²) in [5.41, 5.74) is 0. The van der Waals surface area contributed by atoms with Crippen molar-refractivity contribution in [2.45, 2.75) is 51.9 Å². The van der Waals surface area contributed by atoms with E-state index in [9.17, 15) is 4.79 Å². The first-order valence-electron chi connectivity index (χ1n) is 6.84. The van der Waals surface area contributed by atoms with Gasteiger partial charge in [0.05, 0.1) is 6.61 Å². The van der Waals surface area contributed by atoms with Gasteiger partial charge in [-0.25, -0.2) is 4.79 Å². The Hall–Kier alpha value is -0.513. The minimum atomic E-state index is -1.09. The Morgan fingerprint density at radius 3 is 2.35 bits per heavy atom. The molecule has 0 N–H and O–H groups in total. The molecule has 0 spiro atoms. The normalized spacial score (nSPS) is 18.2. The Morgan fingerprint density at radius 2 is 1.88 bits per heavy atom. The summed E-state index contributed by atoms with van der Waals surface area (Å²) in [6, 6.07) is 1.06. The van der Waals surface area contributed by atoms with Gasteiger partial charge in [-0.2, -0.15) is 0 Å². The Balaban J connectivity index is 2.21. The van der Waals surface area contributed by atoms with Gasteiger partial charge < -0.3 is 9.64 Å². The first kappa shape index (κ1) is 14.5. The van der Waals surface area contributed by atoms with Crippen LogP contribution in [-0.2, 0) is 4.74 Å². The van der Waals surface area contributed by atoms with Crippen LogP contribution >= 0.6 is 0 Å². The number of amides is 1. The molecule has 1 fully saturated rings. The van der Waals surface area contributed by atoms with Crippen molar-refractivity contribution in [3.8, 4) is 0 Å². The lowest BCUT2D eigenvalue weighted by Gasteiger charge is -2.31. The van der Waals surface area contributed by atoms with Crippen LogP contribution in [0.3, 0.4) is 0 Å². The molecule has 1 aliphatic heterocycles. The van der Waals surface area contributed by atoms with Crippen molar-refractivity contribution >= 4 is 14.2 Å². The third kappa shape index (κ3) is 5.57. The lowest BCUT2D eigenvalue weighted by atomic mass is 9.95. The molecule has 0 aromatic rings. The molecule has 1 amide bonds. The molecule has 0 bridgehead atoms. The Labute approximate surface area is 107 Å². The van der Waals surface area contributed by atoms with Crippen LogP contribution in [0.2, 0.25) is 25.7 Å². The fraction of sp³-hybridized carbons (Fsp3) is 0.923. The van der Waals surface area contributed by atoms with Gasteiger partial charge in [-0.05, 0) is 24.8 Å². The zero-order chi connectivity index (χ0) is 12.9. The lowest BCUT2D eigenvalue weighted by molar-refractivity contribution is 0.0912. The summed E-state index contributed by atoms with van der Waals surface area (Å²) in [4.78, 5) is 13.7. The molecular weight excluding hydrogens is 230 g/mol. The van der Waals surface area contributed by atoms with E-state index in [0.717, 1.165) is 37.9 Å². The van der Waals surface area contributed by atoms with Gasteiger partial charge in [-0.3, -0.25) is 0 Å². The highest BCUT2D eigenvalue weighted by Crippen LogP contribution is 2.20. The molecule has 1 rings (SSSR count). The standard InChI is InChI=1S/C13H27NO2Si/c1-5-12-6-8-14(9-7-12)13(15)16-10-11-17(2,3)4/h12H,5-11H2,1-4H3. The van der Waals surface area contributed by atoms with Gasteiger partial charge in [0.25, 0.3) is 0 Å². The van der Waals surface area contributed by atoms with Gasteiger partial charge in [0, 0.05) is 21.2 Å². The van der Waals surface area contributed by atoms with Crippen LogP contribution in [0.5, 0.6) is 0 Å². The second-order valence-corrected chi connectivity index (χ2v) is 11.9. The summed E-state index contributed by atoms with van der Waals surface area (Å²) in [7, 11) is -1.09. The molecule has 100 valence electrons. The maximum absolute atomic E-state index is 11.8. The zero-order valence-electron chi connectivity index (χ0n) is 11.8. The van der Waals surface area contributed by atoms with Crippen molar-refractivity contribution in [3.05, 3.63) is 0 Å². The quantitative estimate of drug-likeness (QED) is 0.720. The second-order valence-electron chi connectivity index (χ2n) is 6.26. The van der Waals surface area contributed by atoms with Crippen LogP contribution in [0.15, 0.2) is 0 Å². The third-order valence-corrected chi connectivity index (χ3v) is 5.23. The maximum Gasteiger partial charge on any atom is 0.409 e. The molecule has 0 saturated carbocycles. The van der Waals surface area contributed by atoms with Gasteiger partial charge >= 0.3 is 6.09 Å². The summed E-state index contributed by atoms with van der Waals surface area (Å²) in [6.07, 6.45) is 3.41. The highest BCUT2D eigenvalue weighted by Gasteiger charge is 2.23. The summed E-state index contributed by atoms with van der Waals surface area (Å²) in [5.74, 6) is 0.807. The number of ether oxygens (including phenoxy) is 1. The lowest BCUT2D eigenvalue weighted by Crippen LogP contribution is -2.39. The fourth-order valence-electron chi connectivity index (χ4n) is 2.06. The molecule has 0 radical (unpaired) electrons. The van der Waals surface area contributed by atoms with Gasteiger partial charge in [0.15, 0.2) is 0 Å². The summed E-state index contributed by atoms with van der Waals surface area (Å²) in [6.45, 7) is 11.5. The van der Waals surface area contributed by atoms with E-state index >= 15 is 0 Å². The Morgan fingerprint density at radius 1 is 1.29 bits per heavy atom. The van der Waals surface area contributed by atoms with E-state index in [1.165, 1.54) is 6.42 Å². The van der Waals surface area contributed by atoms with E-state index in [0.29, 0.717) is 6.61 Å². The molecule has 0 aromatic heterocycles. The topological polar surface area (TPSA) is 29.5 Å². The fourth-order valence-corrected chi connectivity index (χ4v) is 2.77. The molecule has 0 unspecified atom stereocenters. The van der Waals surface area contributed by atoms with Crippen molar-refractivity contribution in [1.82, 2.24) is 4.90 Å². The molecule has 1 saturated heterocycles. The predicted molar refractivity (Wildman–Crippen MR) is 74.1 cm³/mol. The number of carbonyl (C=O) groups excluding carboxylic acids is 1. The number of nitrogens with zero attached hydrogens (tertiary/aromatic N) is 1. The van der Waals surface area contributed by atoms with Crippen molar-refractivity contribution in [1.29, 1.82) is 0 Å². The number of likely N-dealkylation sites (tertiary alicyclic amines) is 1. The third-order valence-electron chi connectivity index (χ3n) is 3.53. The second kappa shape index (κ2) is 6.43. The number of hydrogen-bond acceptors (Lipinski definition) is 2. The highest BCUT2D eigenvalue weighted by molar-refractivity contribution is 6.76. The van der Waals surface area contributed by atoms with Crippen molar-refractivity contribution in [2.75, 3.05) is 19.7 Å². The smallest absolute Gasteiger partial charge is 0.409 e. The molecule has 4 heteroatoms. The molecule has 17 heavy (non-hydrogen) atoms. The monoisotopic (exact) mass is 257 g/mol. The van der Waals surface area contributed by atoms with E-state index in [1.54, 1.807) is 0 Å². The molecule has 1 aliphatic rings. The van der Waals surface area contributed by atoms with Crippen molar-refractivity contribution in [2.24, 2.45) is 5.92 Å². The predicted octanol–water partition coefficient (Wildman–Crippen LogP) is 3.58. The first-order valence-corrected chi connectivity index (χ1v) is 10.5. The van der Waals surface area contributed by atoms with Crippen LogP contribution in [0, 0.1) is 5.92 Å². The largest absolute Gasteiger partial charge is 0.450 e. The Bertz CT molecular complexity index is 242. The van der Waals surface area contributed by atoms with Gasteiger partial charge in [0.2, 0.25) is 0 Å².